The molecule has 0 aromatic carbocycles. The summed E-state index contributed by atoms with van der Waals surface area (Å²) in [6.07, 6.45) is 5.68. The molecule has 1 aliphatic rings. The minimum atomic E-state index is 0.0503. The quantitative estimate of drug-likeness (QED) is 0.720. The number of rotatable bonds is 2. The van der Waals surface area contributed by atoms with Crippen molar-refractivity contribution < 1.29 is 4.79 Å². The Hall–Kier alpha value is -1.64. The van der Waals surface area contributed by atoms with Crippen molar-refractivity contribution in [1.29, 1.82) is 0 Å². The van der Waals surface area contributed by atoms with Gasteiger partial charge in [0, 0.05) is 19.0 Å². The zero-order valence-corrected chi connectivity index (χ0v) is 9.31. The Balaban J connectivity index is 2.24. The molecule has 2 heterocycles. The van der Waals surface area contributed by atoms with Crippen LogP contribution >= 0.6 is 0 Å². The van der Waals surface area contributed by atoms with E-state index in [4.69, 9.17) is 0 Å². The third-order valence-electron chi connectivity index (χ3n) is 3.38. The molecule has 0 spiro atoms. The molecule has 16 heavy (non-hydrogen) atoms. The molecule has 2 aromatic heterocycles. The topological polar surface area (TPSA) is 34.4 Å². The predicted molar refractivity (Wildman–Crippen MR) is 61.8 cm³/mol. The normalized spacial score (nSPS) is 16.3. The molecule has 0 saturated heterocycles. The van der Waals surface area contributed by atoms with E-state index in [9.17, 15) is 4.79 Å². The van der Waals surface area contributed by atoms with Gasteiger partial charge in [-0.05, 0) is 25.0 Å². The van der Waals surface area contributed by atoms with Crippen LogP contribution in [0.15, 0.2) is 24.4 Å². The molecule has 3 heteroatoms. The van der Waals surface area contributed by atoms with Crippen molar-refractivity contribution in [3.05, 3.63) is 35.9 Å². The van der Waals surface area contributed by atoms with Gasteiger partial charge in [0.2, 0.25) is 0 Å². The molecule has 0 amide bonds. The summed E-state index contributed by atoms with van der Waals surface area (Å²) in [6.45, 7) is 1.58. The molecule has 0 N–H and O–H groups in total. The number of Topliss-reactive ketones (excluding diaryl/α,β-unsaturated/α-hetero) is 1. The zero-order chi connectivity index (χ0) is 11.1. The number of imidazole rings is 1. The molecule has 3 rings (SSSR count). The van der Waals surface area contributed by atoms with Crippen LogP contribution in [0.2, 0.25) is 0 Å². The number of nitrogens with zero attached hydrogens (tertiary/aromatic N) is 2. The van der Waals surface area contributed by atoms with Crippen molar-refractivity contribution in [3.63, 3.8) is 0 Å². The number of fused-ring (bicyclic) bond motifs is 1. The molecule has 0 aliphatic heterocycles. The fraction of sp³-hybridized carbons (Fsp3) is 0.385. The van der Waals surface area contributed by atoms with E-state index in [2.05, 4.69) is 9.38 Å². The second-order valence-corrected chi connectivity index (χ2v) is 4.46. The third kappa shape index (κ3) is 1.28. The number of pyridine rings is 1. The van der Waals surface area contributed by atoms with Gasteiger partial charge in [0.25, 0.3) is 0 Å². The van der Waals surface area contributed by atoms with Crippen molar-refractivity contribution in [2.75, 3.05) is 0 Å². The predicted octanol–water partition coefficient (Wildman–Crippen LogP) is 2.80. The maximum absolute atomic E-state index is 11.5. The van der Waals surface area contributed by atoms with Crippen molar-refractivity contribution in [2.45, 2.75) is 32.1 Å². The van der Waals surface area contributed by atoms with E-state index in [1.165, 1.54) is 19.3 Å². The van der Waals surface area contributed by atoms with Crippen LogP contribution in [0, 0.1) is 0 Å². The van der Waals surface area contributed by atoms with Gasteiger partial charge in [-0.25, -0.2) is 4.98 Å². The van der Waals surface area contributed by atoms with Crippen LogP contribution in [0.5, 0.6) is 0 Å². The lowest BCUT2D eigenvalue weighted by molar-refractivity contribution is 0.101. The van der Waals surface area contributed by atoms with Crippen molar-refractivity contribution in [2.24, 2.45) is 0 Å². The van der Waals surface area contributed by atoms with E-state index in [0.717, 1.165) is 11.3 Å². The van der Waals surface area contributed by atoms with E-state index in [1.807, 2.05) is 24.4 Å². The first kappa shape index (κ1) is 9.58. The van der Waals surface area contributed by atoms with Gasteiger partial charge in [0.05, 0.1) is 5.52 Å². The highest BCUT2D eigenvalue weighted by molar-refractivity contribution is 5.99. The minimum absolute atomic E-state index is 0.0503. The van der Waals surface area contributed by atoms with Crippen LogP contribution in [0.1, 0.15) is 48.4 Å². The fourth-order valence-corrected chi connectivity index (χ4v) is 2.28. The van der Waals surface area contributed by atoms with Gasteiger partial charge in [0.1, 0.15) is 11.5 Å². The fourth-order valence-electron chi connectivity index (χ4n) is 2.28. The number of hydrogen-bond acceptors (Lipinski definition) is 2. The molecule has 2 aromatic rings. The lowest BCUT2D eigenvalue weighted by Crippen LogP contribution is -2.12. The Bertz CT molecular complexity index is 552. The first-order chi connectivity index (χ1) is 7.77. The Labute approximate surface area is 94.1 Å². The largest absolute Gasteiger partial charge is 0.303 e. The second-order valence-electron chi connectivity index (χ2n) is 4.46. The summed E-state index contributed by atoms with van der Waals surface area (Å²) >= 11 is 0. The second kappa shape index (κ2) is 3.44. The average molecular weight is 214 g/mol. The van der Waals surface area contributed by atoms with E-state index < -0.39 is 0 Å². The van der Waals surface area contributed by atoms with Crippen LogP contribution < -0.4 is 0 Å². The summed E-state index contributed by atoms with van der Waals surface area (Å²) in [5, 5.41) is 0. The van der Waals surface area contributed by atoms with Crippen molar-refractivity contribution in [1.82, 2.24) is 9.38 Å². The van der Waals surface area contributed by atoms with E-state index in [1.54, 1.807) is 6.92 Å². The molecule has 1 aliphatic carbocycles. The van der Waals surface area contributed by atoms with Gasteiger partial charge in [-0.3, -0.25) is 4.79 Å². The third-order valence-corrected chi connectivity index (χ3v) is 3.38. The van der Waals surface area contributed by atoms with E-state index >= 15 is 0 Å². The number of hydrogen-bond donors (Lipinski definition) is 0. The molecule has 0 unspecified atom stereocenters. The highest BCUT2D eigenvalue weighted by Gasteiger charge is 2.25. The standard InChI is InChI=1S/C13H14N2O/c1-9(16)12-11-7-2-3-8-15(11)13(14-12)10-5-4-6-10/h2-3,7-8,10H,4-6H2,1H3. The van der Waals surface area contributed by atoms with Gasteiger partial charge >= 0.3 is 0 Å². The summed E-state index contributed by atoms with van der Waals surface area (Å²) < 4.78 is 2.07. The monoisotopic (exact) mass is 214 g/mol. The first-order valence-corrected chi connectivity index (χ1v) is 5.75. The van der Waals surface area contributed by atoms with E-state index in [-0.39, 0.29) is 5.78 Å². The van der Waals surface area contributed by atoms with Crippen LogP contribution in [0.4, 0.5) is 0 Å². The lowest BCUT2D eigenvalue weighted by atomic mass is 9.85. The van der Waals surface area contributed by atoms with Gasteiger partial charge in [0.15, 0.2) is 5.78 Å². The number of carbonyl (C=O) groups is 1. The molecule has 1 saturated carbocycles. The van der Waals surface area contributed by atoms with Crippen LogP contribution in [-0.4, -0.2) is 15.2 Å². The molecule has 3 nitrogen and oxygen atoms in total. The first-order valence-electron chi connectivity index (χ1n) is 5.75. The molecule has 82 valence electrons. The number of aromatic nitrogens is 2. The summed E-state index contributed by atoms with van der Waals surface area (Å²) in [5.74, 6) is 1.66. The smallest absolute Gasteiger partial charge is 0.180 e. The lowest BCUT2D eigenvalue weighted by Gasteiger charge is -2.23. The molecule has 0 bridgehead atoms. The number of ketones is 1. The minimum Gasteiger partial charge on any atom is -0.303 e. The van der Waals surface area contributed by atoms with Crippen LogP contribution in [0.3, 0.4) is 0 Å². The molecular formula is C13H14N2O. The Morgan fingerprint density at radius 2 is 2.25 bits per heavy atom. The van der Waals surface area contributed by atoms with Gasteiger partial charge in [-0.2, -0.15) is 0 Å². The molecule has 0 atom stereocenters. The maximum atomic E-state index is 11.5. The molecular weight excluding hydrogens is 200 g/mol. The summed E-state index contributed by atoms with van der Waals surface area (Å²) in [4.78, 5) is 16.1. The Morgan fingerprint density at radius 1 is 1.44 bits per heavy atom. The summed E-state index contributed by atoms with van der Waals surface area (Å²) in [5.41, 5.74) is 1.56. The van der Waals surface area contributed by atoms with Gasteiger partial charge in [-0.15, -0.1) is 0 Å². The summed E-state index contributed by atoms with van der Waals surface area (Å²) in [6, 6.07) is 5.90. The summed E-state index contributed by atoms with van der Waals surface area (Å²) in [7, 11) is 0. The molecule has 0 radical (unpaired) electrons. The van der Waals surface area contributed by atoms with E-state index in [0.29, 0.717) is 11.6 Å². The highest BCUT2D eigenvalue weighted by Crippen LogP contribution is 2.36. The van der Waals surface area contributed by atoms with Crippen LogP contribution in [-0.2, 0) is 0 Å². The zero-order valence-electron chi connectivity index (χ0n) is 9.31. The van der Waals surface area contributed by atoms with Crippen molar-refractivity contribution >= 4 is 11.3 Å². The van der Waals surface area contributed by atoms with Gasteiger partial charge < -0.3 is 4.40 Å². The average Bonchev–Trinajstić information content (AvgIpc) is 2.56. The number of carbonyl (C=O) groups excluding carboxylic acids is 1. The Morgan fingerprint density at radius 3 is 2.88 bits per heavy atom. The molecule has 1 fully saturated rings. The van der Waals surface area contributed by atoms with Gasteiger partial charge in [-0.1, -0.05) is 12.5 Å². The van der Waals surface area contributed by atoms with Crippen molar-refractivity contribution in [3.8, 4) is 0 Å². The highest BCUT2D eigenvalue weighted by atomic mass is 16.1. The van der Waals surface area contributed by atoms with Crippen LogP contribution in [0.25, 0.3) is 5.52 Å². The maximum Gasteiger partial charge on any atom is 0.180 e. The SMILES string of the molecule is CC(=O)c1nc(C2CCC2)n2ccccc12. The Kier molecular flexibility index (Phi) is 2.06.